The number of carbonyl (C=O) groups excluding carboxylic acids is 1. The highest BCUT2D eigenvalue weighted by Gasteiger charge is 2.17. The molecule has 3 nitrogen and oxygen atoms in total. The number of methoxy groups -OCH3 is 1. The van der Waals surface area contributed by atoms with Crippen molar-refractivity contribution in [3.8, 4) is 5.75 Å². The highest BCUT2D eigenvalue weighted by molar-refractivity contribution is 14.1. The molecule has 0 aliphatic rings. The molecule has 0 aliphatic carbocycles. The third-order valence-corrected chi connectivity index (χ3v) is 3.33. The molecule has 0 heterocycles. The molecule has 0 aromatic heterocycles. The first kappa shape index (κ1) is 13.6. The van der Waals surface area contributed by atoms with Gasteiger partial charge in [0.1, 0.15) is 11.3 Å². The lowest BCUT2D eigenvalue weighted by molar-refractivity contribution is 0.0374. The largest absolute Gasteiger partial charge is 0.496 e. The lowest BCUT2D eigenvalue weighted by atomic mass is 10.2. The maximum absolute atomic E-state index is 11.7. The van der Waals surface area contributed by atoms with Crippen molar-refractivity contribution in [1.29, 1.82) is 0 Å². The van der Waals surface area contributed by atoms with Gasteiger partial charge in [-0.2, -0.15) is 0 Å². The summed E-state index contributed by atoms with van der Waals surface area (Å²) in [6.45, 7) is 3.58. The van der Waals surface area contributed by atoms with E-state index in [0.29, 0.717) is 16.3 Å². The van der Waals surface area contributed by atoms with Gasteiger partial charge in [-0.05, 0) is 48.6 Å². The van der Waals surface area contributed by atoms with Crippen molar-refractivity contribution in [2.75, 3.05) is 7.11 Å². The maximum Gasteiger partial charge on any atom is 0.342 e. The number of halogens is 2. The van der Waals surface area contributed by atoms with Crippen LogP contribution in [0, 0.1) is 3.57 Å². The summed E-state index contributed by atoms with van der Waals surface area (Å²) >= 11 is 8.03. The number of hydrogen-bond acceptors (Lipinski definition) is 3. The van der Waals surface area contributed by atoms with Gasteiger partial charge in [0.15, 0.2) is 0 Å². The molecule has 0 aliphatic heterocycles. The summed E-state index contributed by atoms with van der Waals surface area (Å²) in [6, 6.07) is 3.27. The molecule has 0 bridgehead atoms. The minimum Gasteiger partial charge on any atom is -0.496 e. The van der Waals surface area contributed by atoms with Crippen molar-refractivity contribution in [2.24, 2.45) is 0 Å². The fourth-order valence-corrected chi connectivity index (χ4v) is 1.74. The van der Waals surface area contributed by atoms with E-state index in [1.165, 1.54) is 7.11 Å². The molecule has 0 atom stereocenters. The van der Waals surface area contributed by atoms with E-state index in [0.717, 1.165) is 3.57 Å². The third-order valence-electron chi connectivity index (χ3n) is 1.81. The van der Waals surface area contributed by atoms with Crippen molar-refractivity contribution in [3.63, 3.8) is 0 Å². The SMILES string of the molecule is COc1cc(I)c(Cl)cc1C(=O)OC(C)C. The van der Waals surface area contributed by atoms with Crippen LogP contribution in [-0.4, -0.2) is 19.2 Å². The van der Waals surface area contributed by atoms with E-state index in [4.69, 9.17) is 21.1 Å². The number of carbonyl (C=O) groups is 1. The lowest BCUT2D eigenvalue weighted by Gasteiger charge is -2.12. The van der Waals surface area contributed by atoms with Crippen LogP contribution in [0.2, 0.25) is 5.02 Å². The molecule has 0 radical (unpaired) electrons. The fourth-order valence-electron chi connectivity index (χ4n) is 1.13. The topological polar surface area (TPSA) is 35.5 Å². The van der Waals surface area contributed by atoms with Gasteiger partial charge < -0.3 is 9.47 Å². The monoisotopic (exact) mass is 354 g/mol. The minimum atomic E-state index is -0.426. The first-order chi connectivity index (χ1) is 7.45. The van der Waals surface area contributed by atoms with E-state index >= 15 is 0 Å². The van der Waals surface area contributed by atoms with Gasteiger partial charge in [-0.25, -0.2) is 4.79 Å². The Morgan fingerprint density at radius 2 is 2.06 bits per heavy atom. The average molecular weight is 355 g/mol. The van der Waals surface area contributed by atoms with Crippen molar-refractivity contribution >= 4 is 40.2 Å². The van der Waals surface area contributed by atoms with Crippen LogP contribution < -0.4 is 4.74 Å². The van der Waals surface area contributed by atoms with Crippen molar-refractivity contribution < 1.29 is 14.3 Å². The molecular weight excluding hydrogens is 342 g/mol. The van der Waals surface area contributed by atoms with Crippen LogP contribution in [-0.2, 0) is 4.74 Å². The molecular formula is C11H12ClIO3. The summed E-state index contributed by atoms with van der Waals surface area (Å²) < 4.78 is 11.0. The Hall–Kier alpha value is -0.490. The molecule has 0 N–H and O–H groups in total. The Kier molecular flexibility index (Phi) is 4.86. The molecule has 0 fully saturated rings. The zero-order chi connectivity index (χ0) is 12.3. The highest BCUT2D eigenvalue weighted by atomic mass is 127. The summed E-state index contributed by atoms with van der Waals surface area (Å²) in [5, 5.41) is 0.511. The number of esters is 1. The van der Waals surface area contributed by atoms with Gasteiger partial charge in [-0.15, -0.1) is 0 Å². The second-order valence-corrected chi connectivity index (χ2v) is 4.99. The summed E-state index contributed by atoms with van der Waals surface area (Å²) in [5.74, 6) is 0.0459. The number of ether oxygens (including phenoxy) is 2. The molecule has 1 rings (SSSR count). The van der Waals surface area contributed by atoms with E-state index < -0.39 is 5.97 Å². The summed E-state index contributed by atoms with van der Waals surface area (Å²) in [7, 11) is 1.51. The Labute approximate surface area is 113 Å². The van der Waals surface area contributed by atoms with Gasteiger partial charge in [0.2, 0.25) is 0 Å². The standard InChI is InChI=1S/C11H12ClIO3/c1-6(2)16-11(14)7-4-8(12)9(13)5-10(7)15-3/h4-6H,1-3H3. The third kappa shape index (κ3) is 3.25. The van der Waals surface area contributed by atoms with Crippen LogP contribution in [0.15, 0.2) is 12.1 Å². The van der Waals surface area contributed by atoms with Crippen LogP contribution in [0.1, 0.15) is 24.2 Å². The Morgan fingerprint density at radius 1 is 1.44 bits per heavy atom. The summed E-state index contributed by atoms with van der Waals surface area (Å²) in [5.41, 5.74) is 0.349. The molecule has 1 aromatic rings. The molecule has 0 saturated heterocycles. The first-order valence-electron chi connectivity index (χ1n) is 4.69. The molecule has 5 heteroatoms. The van der Waals surface area contributed by atoms with E-state index in [-0.39, 0.29) is 6.10 Å². The van der Waals surface area contributed by atoms with Gasteiger partial charge >= 0.3 is 5.97 Å². The van der Waals surface area contributed by atoms with Gasteiger partial charge in [0, 0.05) is 3.57 Å². The van der Waals surface area contributed by atoms with E-state index in [9.17, 15) is 4.79 Å². The highest BCUT2D eigenvalue weighted by Crippen LogP contribution is 2.28. The van der Waals surface area contributed by atoms with Gasteiger partial charge in [0.05, 0.1) is 18.2 Å². The summed E-state index contributed by atoms with van der Waals surface area (Å²) in [6.07, 6.45) is -0.171. The second-order valence-electron chi connectivity index (χ2n) is 3.42. The van der Waals surface area contributed by atoms with Crippen molar-refractivity contribution in [2.45, 2.75) is 20.0 Å². The van der Waals surface area contributed by atoms with Crippen molar-refractivity contribution in [1.82, 2.24) is 0 Å². The Bertz CT molecular complexity index is 404. The minimum absolute atomic E-state index is 0.171. The molecule has 0 spiro atoms. The first-order valence-corrected chi connectivity index (χ1v) is 6.15. The molecule has 16 heavy (non-hydrogen) atoms. The van der Waals surface area contributed by atoms with Crippen LogP contribution in [0.25, 0.3) is 0 Å². The van der Waals surface area contributed by atoms with Crippen LogP contribution >= 0.6 is 34.2 Å². The predicted octanol–water partition coefficient (Wildman–Crippen LogP) is 3.52. The molecule has 0 amide bonds. The number of benzene rings is 1. The molecule has 0 unspecified atom stereocenters. The van der Waals surface area contributed by atoms with Gasteiger partial charge in [-0.3, -0.25) is 0 Å². The molecule has 88 valence electrons. The Morgan fingerprint density at radius 3 is 2.56 bits per heavy atom. The van der Waals surface area contributed by atoms with E-state index in [1.54, 1.807) is 26.0 Å². The van der Waals surface area contributed by atoms with Crippen LogP contribution in [0.4, 0.5) is 0 Å². The smallest absolute Gasteiger partial charge is 0.342 e. The van der Waals surface area contributed by atoms with Gasteiger partial charge in [0.25, 0.3) is 0 Å². The number of hydrogen-bond donors (Lipinski definition) is 0. The van der Waals surface area contributed by atoms with E-state index in [2.05, 4.69) is 22.6 Å². The quantitative estimate of drug-likeness (QED) is 0.615. The van der Waals surface area contributed by atoms with Crippen LogP contribution in [0.5, 0.6) is 5.75 Å². The zero-order valence-corrected chi connectivity index (χ0v) is 12.1. The van der Waals surface area contributed by atoms with Crippen LogP contribution in [0.3, 0.4) is 0 Å². The zero-order valence-electron chi connectivity index (χ0n) is 9.21. The van der Waals surface area contributed by atoms with E-state index in [1.807, 2.05) is 0 Å². The van der Waals surface area contributed by atoms with Gasteiger partial charge in [-0.1, -0.05) is 11.6 Å². The fraction of sp³-hybridized carbons (Fsp3) is 0.364. The normalized spacial score (nSPS) is 10.4. The summed E-state index contributed by atoms with van der Waals surface area (Å²) in [4.78, 5) is 11.7. The second kappa shape index (κ2) is 5.72. The predicted molar refractivity (Wildman–Crippen MR) is 71.3 cm³/mol. The Balaban J connectivity index is 3.11. The number of rotatable bonds is 3. The molecule has 0 saturated carbocycles. The maximum atomic E-state index is 11.7. The lowest BCUT2D eigenvalue weighted by Crippen LogP contribution is -2.12. The average Bonchev–Trinajstić information content (AvgIpc) is 2.20. The molecule has 1 aromatic carbocycles. The van der Waals surface area contributed by atoms with Crippen molar-refractivity contribution in [3.05, 3.63) is 26.3 Å².